The number of carbonyl (C=O) groups excluding carboxylic acids is 2. The van der Waals surface area contributed by atoms with E-state index in [0.29, 0.717) is 12.2 Å². The molecule has 5 nitrogen and oxygen atoms in total. The molecule has 154 valence electrons. The number of nitrogens with one attached hydrogen (secondary N) is 1. The fourth-order valence-corrected chi connectivity index (χ4v) is 2.74. The summed E-state index contributed by atoms with van der Waals surface area (Å²) in [6.07, 6.45) is -1.07. The van der Waals surface area contributed by atoms with Crippen molar-refractivity contribution in [2.75, 3.05) is 5.32 Å². The number of anilines is 1. The van der Waals surface area contributed by atoms with Gasteiger partial charge in [0.1, 0.15) is 18.2 Å². The van der Waals surface area contributed by atoms with Crippen LogP contribution < -0.4 is 10.1 Å². The quantitative estimate of drug-likeness (QED) is 0.523. The van der Waals surface area contributed by atoms with Gasteiger partial charge in [0, 0.05) is 0 Å². The van der Waals surface area contributed by atoms with Crippen LogP contribution in [0.1, 0.15) is 22.8 Å². The topological polar surface area (TPSA) is 64.6 Å². The average molecular weight is 428 g/mol. The van der Waals surface area contributed by atoms with Gasteiger partial charge >= 0.3 is 5.97 Å². The molecule has 7 heteroatoms. The van der Waals surface area contributed by atoms with E-state index in [0.717, 1.165) is 17.4 Å². The molecular formula is C23H19ClFNO4. The lowest BCUT2D eigenvalue weighted by Crippen LogP contribution is -2.30. The summed E-state index contributed by atoms with van der Waals surface area (Å²) in [6.45, 7) is 1.79. The molecule has 1 N–H and O–H groups in total. The number of esters is 1. The van der Waals surface area contributed by atoms with Crippen LogP contribution in [0.3, 0.4) is 0 Å². The fraction of sp³-hybridized carbons (Fsp3) is 0.130. The number of hydrogen-bond acceptors (Lipinski definition) is 4. The maximum atomic E-state index is 13.1. The molecule has 1 amide bonds. The number of hydrogen-bond donors (Lipinski definition) is 1. The molecule has 0 aromatic heterocycles. The van der Waals surface area contributed by atoms with Crippen molar-refractivity contribution >= 4 is 29.2 Å². The summed E-state index contributed by atoms with van der Waals surface area (Å²) in [6, 6.07) is 19.7. The highest BCUT2D eigenvalue weighted by atomic mass is 35.5. The van der Waals surface area contributed by atoms with Crippen molar-refractivity contribution in [1.82, 2.24) is 0 Å². The molecule has 0 saturated carbocycles. The number of ether oxygens (including phenoxy) is 2. The van der Waals surface area contributed by atoms with Gasteiger partial charge < -0.3 is 14.8 Å². The van der Waals surface area contributed by atoms with Crippen LogP contribution in [0.2, 0.25) is 5.02 Å². The molecule has 0 fully saturated rings. The summed E-state index contributed by atoms with van der Waals surface area (Å²) >= 11 is 5.89. The predicted octanol–water partition coefficient (Wildman–Crippen LogP) is 5.24. The first-order valence-corrected chi connectivity index (χ1v) is 9.54. The third-order valence-electron chi connectivity index (χ3n) is 4.18. The van der Waals surface area contributed by atoms with Crippen molar-refractivity contribution < 1.29 is 23.5 Å². The first kappa shape index (κ1) is 21.3. The Hall–Kier alpha value is -3.38. The highest BCUT2D eigenvalue weighted by molar-refractivity contribution is 6.33. The molecule has 1 atom stereocenters. The second-order valence-corrected chi connectivity index (χ2v) is 6.87. The second-order valence-electron chi connectivity index (χ2n) is 6.46. The third-order valence-corrected chi connectivity index (χ3v) is 4.49. The molecule has 30 heavy (non-hydrogen) atoms. The number of rotatable bonds is 7. The molecule has 0 saturated heterocycles. The van der Waals surface area contributed by atoms with Gasteiger partial charge in [0.05, 0.1) is 16.3 Å². The minimum Gasteiger partial charge on any atom is -0.489 e. The predicted molar refractivity (Wildman–Crippen MR) is 112 cm³/mol. The highest BCUT2D eigenvalue weighted by Gasteiger charge is 2.20. The zero-order chi connectivity index (χ0) is 21.5. The molecule has 0 heterocycles. The zero-order valence-electron chi connectivity index (χ0n) is 16.1. The Morgan fingerprint density at radius 2 is 1.73 bits per heavy atom. The molecule has 0 aliphatic rings. The van der Waals surface area contributed by atoms with Crippen LogP contribution in [-0.2, 0) is 16.1 Å². The van der Waals surface area contributed by atoms with Gasteiger partial charge in [0.25, 0.3) is 5.91 Å². The summed E-state index contributed by atoms with van der Waals surface area (Å²) in [5.74, 6) is -0.986. The van der Waals surface area contributed by atoms with E-state index in [9.17, 15) is 14.0 Å². The second kappa shape index (κ2) is 9.89. The van der Waals surface area contributed by atoms with Gasteiger partial charge in [0.2, 0.25) is 0 Å². The Bertz CT molecular complexity index is 1030. The summed E-state index contributed by atoms with van der Waals surface area (Å²) in [5.41, 5.74) is 1.42. The van der Waals surface area contributed by atoms with E-state index in [-0.39, 0.29) is 10.7 Å². The molecular weight excluding hydrogens is 409 g/mol. The van der Waals surface area contributed by atoms with Crippen molar-refractivity contribution in [3.63, 3.8) is 0 Å². The summed E-state index contributed by atoms with van der Waals surface area (Å²) in [7, 11) is 0. The first-order valence-electron chi connectivity index (χ1n) is 9.16. The first-order chi connectivity index (χ1) is 14.4. The summed E-state index contributed by atoms with van der Waals surface area (Å²) in [4.78, 5) is 24.5. The van der Waals surface area contributed by atoms with Crippen molar-refractivity contribution in [3.05, 3.63) is 94.8 Å². The van der Waals surface area contributed by atoms with Crippen molar-refractivity contribution in [2.45, 2.75) is 19.6 Å². The van der Waals surface area contributed by atoms with E-state index in [4.69, 9.17) is 21.1 Å². The van der Waals surface area contributed by atoms with Gasteiger partial charge in [-0.1, -0.05) is 41.9 Å². The molecule has 0 aliphatic carbocycles. The molecule has 3 rings (SSSR count). The number of benzene rings is 3. The van der Waals surface area contributed by atoms with Gasteiger partial charge in [-0.05, 0) is 55.0 Å². The van der Waals surface area contributed by atoms with Crippen LogP contribution in [0.15, 0.2) is 72.8 Å². The molecule has 0 bridgehead atoms. The van der Waals surface area contributed by atoms with Crippen LogP contribution in [0.5, 0.6) is 5.75 Å². The molecule has 1 unspecified atom stereocenters. The number of carbonyl (C=O) groups is 2. The number of amides is 1. The smallest absolute Gasteiger partial charge is 0.338 e. The van der Waals surface area contributed by atoms with Gasteiger partial charge in [-0.15, -0.1) is 0 Å². The van der Waals surface area contributed by atoms with E-state index < -0.39 is 23.8 Å². The highest BCUT2D eigenvalue weighted by Crippen LogP contribution is 2.22. The lowest BCUT2D eigenvalue weighted by atomic mass is 10.1. The van der Waals surface area contributed by atoms with E-state index in [1.807, 2.05) is 30.3 Å². The molecule has 3 aromatic rings. The van der Waals surface area contributed by atoms with Gasteiger partial charge in [-0.2, -0.15) is 0 Å². The maximum absolute atomic E-state index is 13.1. The Labute approximate surface area is 178 Å². The Kier molecular flexibility index (Phi) is 7.03. The molecule has 3 aromatic carbocycles. The lowest BCUT2D eigenvalue weighted by molar-refractivity contribution is -0.123. The van der Waals surface area contributed by atoms with Gasteiger partial charge in [-0.3, -0.25) is 4.79 Å². The average Bonchev–Trinajstić information content (AvgIpc) is 2.75. The molecule has 0 radical (unpaired) electrons. The summed E-state index contributed by atoms with van der Waals surface area (Å²) in [5, 5.41) is 2.56. The number of halogens is 2. The van der Waals surface area contributed by atoms with Crippen LogP contribution in [0.4, 0.5) is 10.1 Å². The molecule has 0 spiro atoms. The van der Waals surface area contributed by atoms with E-state index in [1.165, 1.54) is 19.1 Å². The Morgan fingerprint density at radius 1 is 1.03 bits per heavy atom. The van der Waals surface area contributed by atoms with Crippen LogP contribution in [0, 0.1) is 5.82 Å². The van der Waals surface area contributed by atoms with E-state index >= 15 is 0 Å². The monoisotopic (exact) mass is 427 g/mol. The van der Waals surface area contributed by atoms with Crippen molar-refractivity contribution in [1.29, 1.82) is 0 Å². The summed E-state index contributed by atoms with van der Waals surface area (Å²) < 4.78 is 24.0. The normalized spacial score (nSPS) is 11.4. The standard InChI is InChI=1S/C23H19ClFNO4/c1-15(22(27)26-21-12-11-18(25)13-20(21)24)30-23(28)17-9-7-16(8-10-17)14-29-19-5-3-2-4-6-19/h2-13,15H,14H2,1H3,(H,26,27). The van der Waals surface area contributed by atoms with Crippen LogP contribution >= 0.6 is 11.6 Å². The maximum Gasteiger partial charge on any atom is 0.338 e. The minimum absolute atomic E-state index is 0.0511. The van der Waals surface area contributed by atoms with Crippen molar-refractivity contribution in [3.8, 4) is 5.75 Å². The van der Waals surface area contributed by atoms with Crippen LogP contribution in [0.25, 0.3) is 0 Å². The van der Waals surface area contributed by atoms with Crippen LogP contribution in [-0.4, -0.2) is 18.0 Å². The Balaban J connectivity index is 1.53. The molecule has 0 aliphatic heterocycles. The SMILES string of the molecule is CC(OC(=O)c1ccc(COc2ccccc2)cc1)C(=O)Nc1ccc(F)cc1Cl. The van der Waals surface area contributed by atoms with Gasteiger partial charge in [-0.25, -0.2) is 9.18 Å². The van der Waals surface area contributed by atoms with E-state index in [1.54, 1.807) is 24.3 Å². The zero-order valence-corrected chi connectivity index (χ0v) is 16.9. The van der Waals surface area contributed by atoms with Gasteiger partial charge in [0.15, 0.2) is 6.10 Å². The minimum atomic E-state index is -1.07. The Morgan fingerprint density at radius 3 is 2.40 bits per heavy atom. The lowest BCUT2D eigenvalue weighted by Gasteiger charge is -2.14. The fourth-order valence-electron chi connectivity index (χ4n) is 2.53. The number of para-hydroxylation sites is 1. The third kappa shape index (κ3) is 5.81. The largest absolute Gasteiger partial charge is 0.489 e. The van der Waals surface area contributed by atoms with Crippen molar-refractivity contribution in [2.24, 2.45) is 0 Å². The van der Waals surface area contributed by atoms with E-state index in [2.05, 4.69) is 5.32 Å².